The molecule has 5 rings (SSSR count). The van der Waals surface area contributed by atoms with E-state index >= 15 is 0 Å². The monoisotopic (exact) mass is 329 g/mol. The topological polar surface area (TPSA) is 73.2 Å². The molecule has 0 amide bonds. The van der Waals surface area contributed by atoms with Crippen LogP contribution >= 0.6 is 0 Å². The van der Waals surface area contributed by atoms with E-state index in [1.165, 1.54) is 0 Å². The Bertz CT molecular complexity index is 734. The van der Waals surface area contributed by atoms with E-state index in [1.54, 1.807) is 6.07 Å². The fourth-order valence-corrected chi connectivity index (χ4v) is 5.99. The summed E-state index contributed by atoms with van der Waals surface area (Å²) in [5.74, 6) is 0.589. The van der Waals surface area contributed by atoms with Gasteiger partial charge in [0, 0.05) is 18.2 Å². The Morgan fingerprint density at radius 3 is 3.00 bits per heavy atom. The largest absolute Gasteiger partial charge is 0.504 e. The minimum absolute atomic E-state index is 0.00848. The summed E-state index contributed by atoms with van der Waals surface area (Å²) in [6.45, 7) is 5.44. The Morgan fingerprint density at radius 2 is 2.21 bits per heavy atom. The van der Waals surface area contributed by atoms with Crippen LogP contribution in [-0.4, -0.2) is 57.2 Å². The smallest absolute Gasteiger partial charge is 0.165 e. The molecule has 1 spiro atoms. The second-order valence-corrected chi connectivity index (χ2v) is 7.74. The van der Waals surface area contributed by atoms with Crippen molar-refractivity contribution < 1.29 is 20.1 Å². The van der Waals surface area contributed by atoms with Gasteiger partial charge in [0.05, 0.1) is 17.1 Å². The molecule has 2 unspecified atom stereocenters. The van der Waals surface area contributed by atoms with E-state index in [9.17, 15) is 15.3 Å². The van der Waals surface area contributed by atoms with Crippen LogP contribution in [0.15, 0.2) is 24.8 Å². The standard InChI is InChI=1S/C19H23NO4/c1-2-8-20-9-7-18-15-11-3-4-12(21)16(15)24-17(18)13(22)5-6-19(18,23)14(20)10-11/h2-4,13-14,17,21-23H,1,5-10H2/t13?,14-,17?,18+,19-/m0/s1. The zero-order valence-corrected chi connectivity index (χ0v) is 13.6. The van der Waals surface area contributed by atoms with Gasteiger partial charge in [0.25, 0.3) is 0 Å². The zero-order chi connectivity index (χ0) is 16.7. The van der Waals surface area contributed by atoms with Gasteiger partial charge in [-0.15, -0.1) is 6.58 Å². The van der Waals surface area contributed by atoms with E-state index in [-0.39, 0.29) is 11.8 Å². The Kier molecular flexibility index (Phi) is 2.79. The number of ether oxygens (including phenoxy) is 1. The van der Waals surface area contributed by atoms with Gasteiger partial charge < -0.3 is 20.1 Å². The summed E-state index contributed by atoms with van der Waals surface area (Å²) in [4.78, 5) is 2.31. The van der Waals surface area contributed by atoms with E-state index in [4.69, 9.17) is 4.74 Å². The predicted octanol–water partition coefficient (Wildman–Crippen LogP) is 1.09. The van der Waals surface area contributed by atoms with Gasteiger partial charge in [-0.3, -0.25) is 4.90 Å². The van der Waals surface area contributed by atoms with Crippen molar-refractivity contribution in [2.75, 3.05) is 13.1 Å². The molecule has 5 heteroatoms. The molecular weight excluding hydrogens is 306 g/mol. The van der Waals surface area contributed by atoms with Crippen LogP contribution in [0.4, 0.5) is 0 Å². The lowest BCUT2D eigenvalue weighted by molar-refractivity contribution is -0.206. The van der Waals surface area contributed by atoms with Crippen LogP contribution in [0, 0.1) is 0 Å². The lowest BCUT2D eigenvalue weighted by atomic mass is 9.48. The minimum atomic E-state index is -0.940. The third-order valence-corrected chi connectivity index (χ3v) is 6.91. The third kappa shape index (κ3) is 1.43. The lowest BCUT2D eigenvalue weighted by Crippen LogP contribution is -2.77. The van der Waals surface area contributed by atoms with Gasteiger partial charge in [0.15, 0.2) is 11.5 Å². The van der Waals surface area contributed by atoms with Crippen molar-refractivity contribution in [2.24, 2.45) is 0 Å². The first-order valence-electron chi connectivity index (χ1n) is 8.80. The number of phenols is 1. The molecule has 1 saturated carbocycles. The molecule has 1 aromatic rings. The van der Waals surface area contributed by atoms with E-state index in [0.29, 0.717) is 18.6 Å². The van der Waals surface area contributed by atoms with E-state index in [2.05, 4.69) is 11.5 Å². The molecular formula is C19H23NO4. The van der Waals surface area contributed by atoms with Crippen molar-refractivity contribution in [3.8, 4) is 11.5 Å². The number of hydrogen-bond acceptors (Lipinski definition) is 5. The fraction of sp³-hybridized carbons (Fsp3) is 0.579. The van der Waals surface area contributed by atoms with Gasteiger partial charge in [-0.1, -0.05) is 12.1 Å². The van der Waals surface area contributed by atoms with Gasteiger partial charge in [-0.05, 0) is 43.9 Å². The highest BCUT2D eigenvalue weighted by Gasteiger charge is 2.72. The molecule has 2 bridgehead atoms. The Morgan fingerprint density at radius 1 is 1.38 bits per heavy atom. The predicted molar refractivity (Wildman–Crippen MR) is 88.3 cm³/mol. The van der Waals surface area contributed by atoms with E-state index in [0.717, 1.165) is 37.1 Å². The van der Waals surface area contributed by atoms with E-state index in [1.807, 2.05) is 12.1 Å². The van der Waals surface area contributed by atoms with Gasteiger partial charge >= 0.3 is 0 Å². The van der Waals surface area contributed by atoms with Crippen molar-refractivity contribution in [1.29, 1.82) is 0 Å². The number of aromatic hydroxyl groups is 1. The molecule has 128 valence electrons. The number of likely N-dealkylation sites (tertiary alicyclic amines) is 1. The Hall–Kier alpha value is -1.56. The fourth-order valence-electron chi connectivity index (χ4n) is 5.99. The number of aliphatic hydroxyl groups is 2. The summed E-state index contributed by atoms with van der Waals surface area (Å²) < 4.78 is 6.08. The molecule has 2 fully saturated rings. The second kappa shape index (κ2) is 4.54. The summed E-state index contributed by atoms with van der Waals surface area (Å²) in [6.07, 6.45) is 3.33. The van der Waals surface area contributed by atoms with Crippen molar-refractivity contribution in [3.63, 3.8) is 0 Å². The average Bonchev–Trinajstić information content (AvgIpc) is 2.91. The molecule has 1 saturated heterocycles. The quantitative estimate of drug-likeness (QED) is 0.709. The molecule has 24 heavy (non-hydrogen) atoms. The summed E-state index contributed by atoms with van der Waals surface area (Å²) in [5, 5.41) is 32.8. The molecule has 4 aliphatic rings. The van der Waals surface area contributed by atoms with Gasteiger partial charge in [-0.25, -0.2) is 0 Å². The maximum Gasteiger partial charge on any atom is 0.165 e. The summed E-state index contributed by atoms with van der Waals surface area (Å²) >= 11 is 0. The number of rotatable bonds is 2. The maximum absolute atomic E-state index is 11.9. The van der Waals surface area contributed by atoms with Crippen molar-refractivity contribution >= 4 is 0 Å². The summed E-state index contributed by atoms with van der Waals surface area (Å²) in [7, 11) is 0. The summed E-state index contributed by atoms with van der Waals surface area (Å²) in [5.41, 5.74) is 0.518. The van der Waals surface area contributed by atoms with Gasteiger partial charge in [0.1, 0.15) is 6.10 Å². The molecule has 0 aromatic heterocycles. The number of piperidine rings is 1. The molecule has 2 aliphatic heterocycles. The van der Waals surface area contributed by atoms with Crippen molar-refractivity contribution in [1.82, 2.24) is 4.90 Å². The van der Waals surface area contributed by atoms with Crippen LogP contribution in [0.25, 0.3) is 0 Å². The van der Waals surface area contributed by atoms with Gasteiger partial charge in [-0.2, -0.15) is 0 Å². The molecule has 2 heterocycles. The molecule has 5 nitrogen and oxygen atoms in total. The number of hydrogen-bond donors (Lipinski definition) is 3. The molecule has 5 atom stereocenters. The van der Waals surface area contributed by atoms with Gasteiger partial charge in [0.2, 0.25) is 0 Å². The van der Waals surface area contributed by atoms with E-state index < -0.39 is 23.2 Å². The third-order valence-electron chi connectivity index (χ3n) is 6.91. The highest BCUT2D eigenvalue weighted by Crippen LogP contribution is 2.65. The highest BCUT2D eigenvalue weighted by molar-refractivity contribution is 5.62. The van der Waals surface area contributed by atoms with Crippen LogP contribution in [-0.2, 0) is 11.8 Å². The van der Waals surface area contributed by atoms with Crippen LogP contribution < -0.4 is 4.74 Å². The molecule has 2 aliphatic carbocycles. The first-order chi connectivity index (χ1) is 11.5. The first kappa shape index (κ1) is 14.8. The van der Waals surface area contributed by atoms with Crippen molar-refractivity contribution in [2.45, 2.75) is 54.9 Å². The van der Waals surface area contributed by atoms with Crippen LogP contribution in [0.3, 0.4) is 0 Å². The first-order valence-corrected chi connectivity index (χ1v) is 8.80. The normalized spacial score (nSPS) is 42.3. The lowest BCUT2D eigenvalue weighted by Gasteiger charge is -2.63. The summed E-state index contributed by atoms with van der Waals surface area (Å²) in [6, 6.07) is 3.62. The second-order valence-electron chi connectivity index (χ2n) is 7.74. The number of phenolic OH excluding ortho intramolecular Hbond substituents is 1. The SMILES string of the molecule is C=CCN1CC[C@@]23c4c5ccc(O)c4OC2C(O)CC[C@]3(O)[C@@H]1C5. The molecule has 1 aromatic carbocycles. The Labute approximate surface area is 141 Å². The number of benzene rings is 1. The highest BCUT2D eigenvalue weighted by atomic mass is 16.5. The zero-order valence-electron chi connectivity index (χ0n) is 13.6. The van der Waals surface area contributed by atoms with Crippen molar-refractivity contribution in [3.05, 3.63) is 35.9 Å². The number of aliphatic hydroxyl groups excluding tert-OH is 1. The minimum Gasteiger partial charge on any atom is -0.504 e. The van der Waals surface area contributed by atoms with Crippen LogP contribution in [0.1, 0.15) is 30.4 Å². The molecule has 0 radical (unpaired) electrons. The number of nitrogens with zero attached hydrogens (tertiary/aromatic N) is 1. The van der Waals surface area contributed by atoms with Crippen LogP contribution in [0.2, 0.25) is 0 Å². The Balaban J connectivity index is 1.78. The van der Waals surface area contributed by atoms with Crippen LogP contribution in [0.5, 0.6) is 11.5 Å². The molecule has 3 N–H and O–H groups in total. The maximum atomic E-state index is 11.9. The average molecular weight is 329 g/mol.